The fourth-order valence-corrected chi connectivity index (χ4v) is 3.62. The van der Waals surface area contributed by atoms with Gasteiger partial charge >= 0.3 is 0 Å². The van der Waals surface area contributed by atoms with Crippen LogP contribution in [0.25, 0.3) is 16.9 Å². The maximum absolute atomic E-state index is 13.0. The third kappa shape index (κ3) is 3.28. The average molecular weight is 393 g/mol. The summed E-state index contributed by atoms with van der Waals surface area (Å²) in [7, 11) is -3.88. The number of nitrogens with one attached hydrogen (secondary N) is 1. The molecule has 3 heterocycles. The zero-order valence-electron chi connectivity index (χ0n) is 14.2. The van der Waals surface area contributed by atoms with Crippen LogP contribution in [0.5, 0.6) is 0 Å². The number of hydrogen-bond acceptors (Lipinski definition) is 5. The fourth-order valence-electron chi connectivity index (χ4n) is 2.59. The van der Waals surface area contributed by atoms with Gasteiger partial charge in [-0.05, 0) is 48.4 Å². The van der Waals surface area contributed by atoms with Crippen LogP contribution in [0.2, 0.25) is 0 Å². The summed E-state index contributed by atoms with van der Waals surface area (Å²) in [5.41, 5.74) is 2.46. The molecule has 4 rings (SSSR count). The molecule has 28 heavy (non-hydrogen) atoms. The molecular weight excluding hydrogens is 381 g/mol. The van der Waals surface area contributed by atoms with E-state index in [4.69, 9.17) is 6.42 Å². The Balaban J connectivity index is 1.68. The Labute approximate surface area is 159 Å². The van der Waals surface area contributed by atoms with Crippen LogP contribution in [0, 0.1) is 18.2 Å². The van der Waals surface area contributed by atoms with Crippen molar-refractivity contribution in [3.05, 3.63) is 72.6 Å². The summed E-state index contributed by atoms with van der Waals surface area (Å²) < 4.78 is 41.9. The zero-order chi connectivity index (χ0) is 19.7. The molecule has 0 aliphatic carbocycles. The molecular formula is C19H12FN5O2S. The number of nitrogens with zero attached hydrogens (tertiary/aromatic N) is 4. The lowest BCUT2D eigenvalue weighted by molar-refractivity contribution is 0.599. The largest absolute Gasteiger partial charge is 0.278 e. The molecule has 0 unspecified atom stereocenters. The predicted molar refractivity (Wildman–Crippen MR) is 101 cm³/mol. The number of rotatable bonds is 4. The summed E-state index contributed by atoms with van der Waals surface area (Å²) in [5.74, 6) is 1.98. The Morgan fingerprint density at radius 2 is 1.86 bits per heavy atom. The van der Waals surface area contributed by atoms with Crippen LogP contribution in [0.15, 0.2) is 66.0 Å². The molecule has 0 bridgehead atoms. The molecule has 0 saturated heterocycles. The maximum Gasteiger partial charge on any atom is 0.261 e. The van der Waals surface area contributed by atoms with Crippen molar-refractivity contribution >= 4 is 21.4 Å². The summed E-state index contributed by atoms with van der Waals surface area (Å²) in [6.45, 7) is 0. The molecule has 1 N–H and O–H groups in total. The van der Waals surface area contributed by atoms with E-state index in [9.17, 15) is 12.8 Å². The van der Waals surface area contributed by atoms with Crippen LogP contribution >= 0.6 is 0 Å². The van der Waals surface area contributed by atoms with E-state index in [-0.39, 0.29) is 10.6 Å². The predicted octanol–water partition coefficient (Wildman–Crippen LogP) is 2.71. The van der Waals surface area contributed by atoms with Gasteiger partial charge in [0.25, 0.3) is 10.0 Å². The molecule has 0 amide bonds. The van der Waals surface area contributed by atoms with Gasteiger partial charge in [-0.3, -0.25) is 9.71 Å². The normalized spacial score (nSPS) is 11.3. The lowest BCUT2D eigenvalue weighted by Crippen LogP contribution is -2.13. The van der Waals surface area contributed by atoms with Crippen molar-refractivity contribution in [2.45, 2.75) is 4.90 Å². The van der Waals surface area contributed by atoms with Gasteiger partial charge in [0.1, 0.15) is 11.5 Å². The first kappa shape index (κ1) is 17.6. The Bertz CT molecular complexity index is 1320. The lowest BCUT2D eigenvalue weighted by atomic mass is 10.2. The number of aromatic nitrogens is 4. The molecule has 0 spiro atoms. The van der Waals surface area contributed by atoms with Crippen LogP contribution < -0.4 is 4.72 Å². The van der Waals surface area contributed by atoms with Crippen LogP contribution in [-0.2, 0) is 10.0 Å². The van der Waals surface area contributed by atoms with E-state index in [2.05, 4.69) is 25.7 Å². The minimum Gasteiger partial charge on any atom is -0.278 e. The van der Waals surface area contributed by atoms with Gasteiger partial charge < -0.3 is 0 Å². The molecule has 4 aromatic rings. The van der Waals surface area contributed by atoms with Gasteiger partial charge in [-0.1, -0.05) is 0 Å². The summed E-state index contributed by atoms with van der Waals surface area (Å²) in [6.07, 6.45) is 9.90. The van der Waals surface area contributed by atoms with Crippen LogP contribution in [0.1, 0.15) is 5.69 Å². The molecule has 0 saturated carbocycles. The number of sulfonamides is 1. The summed E-state index contributed by atoms with van der Waals surface area (Å²) in [5, 5.41) is 4.43. The van der Waals surface area contributed by atoms with E-state index in [0.717, 1.165) is 12.1 Å². The number of imidazole rings is 1. The number of anilines is 1. The smallest absolute Gasteiger partial charge is 0.261 e. The Hall–Kier alpha value is -3.77. The molecule has 7 nitrogen and oxygen atoms in total. The molecule has 0 atom stereocenters. The first-order chi connectivity index (χ1) is 13.5. The molecule has 3 aromatic heterocycles. The highest BCUT2D eigenvalue weighted by Crippen LogP contribution is 2.22. The van der Waals surface area contributed by atoms with Crippen LogP contribution in [0.3, 0.4) is 0 Å². The zero-order valence-corrected chi connectivity index (χ0v) is 15.1. The third-order valence-corrected chi connectivity index (χ3v) is 5.32. The van der Waals surface area contributed by atoms with E-state index in [1.54, 1.807) is 24.4 Å². The SMILES string of the molecule is C#Cc1cnc2ccc(-c3cncc(NS(=O)(=O)c4ccc(F)cc4)c3)nn12. The highest BCUT2D eigenvalue weighted by atomic mass is 32.2. The third-order valence-electron chi connectivity index (χ3n) is 3.92. The van der Waals surface area contributed by atoms with Crippen molar-refractivity contribution in [2.75, 3.05) is 4.72 Å². The Morgan fingerprint density at radius 3 is 2.61 bits per heavy atom. The molecule has 0 aliphatic rings. The summed E-state index contributed by atoms with van der Waals surface area (Å²) in [6, 6.07) is 9.61. The van der Waals surface area contributed by atoms with E-state index >= 15 is 0 Å². The Kier molecular flexibility index (Phi) is 4.25. The second-order valence-electron chi connectivity index (χ2n) is 5.80. The standard InChI is InChI=1S/C19H12FN5O2S/c1-2-16-12-22-19-8-7-18(23-25(16)19)13-9-15(11-21-10-13)24-28(26,27)17-5-3-14(20)4-6-17/h1,3-12,24H. The Morgan fingerprint density at radius 1 is 1.07 bits per heavy atom. The number of fused-ring (bicyclic) bond motifs is 1. The number of benzene rings is 1. The highest BCUT2D eigenvalue weighted by Gasteiger charge is 2.15. The van der Waals surface area contributed by atoms with E-state index in [0.29, 0.717) is 22.6 Å². The van der Waals surface area contributed by atoms with Crippen molar-refractivity contribution in [2.24, 2.45) is 0 Å². The van der Waals surface area contributed by atoms with Crippen molar-refractivity contribution < 1.29 is 12.8 Å². The van der Waals surface area contributed by atoms with Gasteiger partial charge in [0.2, 0.25) is 0 Å². The van der Waals surface area contributed by atoms with Gasteiger partial charge in [0.15, 0.2) is 5.65 Å². The second-order valence-corrected chi connectivity index (χ2v) is 7.48. The van der Waals surface area contributed by atoms with Gasteiger partial charge in [0.05, 0.1) is 28.7 Å². The van der Waals surface area contributed by atoms with E-state index in [1.807, 2.05) is 0 Å². The fraction of sp³-hybridized carbons (Fsp3) is 0. The highest BCUT2D eigenvalue weighted by molar-refractivity contribution is 7.92. The molecule has 9 heteroatoms. The second kappa shape index (κ2) is 6.75. The average Bonchev–Trinajstić information content (AvgIpc) is 3.10. The number of halogens is 1. The lowest BCUT2D eigenvalue weighted by Gasteiger charge is -2.09. The summed E-state index contributed by atoms with van der Waals surface area (Å²) >= 11 is 0. The number of terminal acetylenes is 1. The molecule has 0 fully saturated rings. The van der Waals surface area contributed by atoms with E-state index in [1.165, 1.54) is 29.0 Å². The first-order valence-electron chi connectivity index (χ1n) is 8.01. The van der Waals surface area contributed by atoms with Crippen molar-refractivity contribution in [3.8, 4) is 23.6 Å². The van der Waals surface area contributed by atoms with Crippen LogP contribution in [0.4, 0.5) is 10.1 Å². The molecule has 0 radical (unpaired) electrons. The topological polar surface area (TPSA) is 89.2 Å². The minimum absolute atomic E-state index is 0.0593. The van der Waals surface area contributed by atoms with Gasteiger partial charge in [0, 0.05) is 11.8 Å². The summed E-state index contributed by atoms with van der Waals surface area (Å²) in [4.78, 5) is 8.17. The van der Waals surface area contributed by atoms with Gasteiger partial charge in [-0.2, -0.15) is 5.10 Å². The van der Waals surface area contributed by atoms with Crippen molar-refractivity contribution in [3.63, 3.8) is 0 Å². The molecule has 0 aliphatic heterocycles. The molecule has 138 valence electrons. The van der Waals surface area contributed by atoms with Gasteiger partial charge in [-0.25, -0.2) is 22.3 Å². The minimum atomic E-state index is -3.88. The van der Waals surface area contributed by atoms with Crippen molar-refractivity contribution in [1.29, 1.82) is 0 Å². The monoisotopic (exact) mass is 393 g/mol. The number of hydrogen-bond donors (Lipinski definition) is 1. The number of pyridine rings is 1. The maximum atomic E-state index is 13.0. The van der Waals surface area contributed by atoms with E-state index < -0.39 is 15.8 Å². The van der Waals surface area contributed by atoms with Crippen LogP contribution in [-0.4, -0.2) is 28.0 Å². The quantitative estimate of drug-likeness (QED) is 0.539. The van der Waals surface area contributed by atoms with Crippen molar-refractivity contribution in [1.82, 2.24) is 19.6 Å². The van der Waals surface area contributed by atoms with Gasteiger partial charge in [-0.15, -0.1) is 6.42 Å². The first-order valence-corrected chi connectivity index (χ1v) is 9.50. The molecule has 1 aromatic carbocycles.